The molecule has 0 aromatic heterocycles. The molecule has 1 aliphatic heterocycles. The van der Waals surface area contributed by atoms with Crippen LogP contribution in [0.5, 0.6) is 0 Å². The molecule has 0 atom stereocenters. The van der Waals surface area contributed by atoms with Crippen molar-refractivity contribution in [3.05, 3.63) is 23.8 Å². The molecule has 1 aliphatic rings. The molecule has 0 bridgehead atoms. The van der Waals surface area contributed by atoms with E-state index >= 15 is 0 Å². The van der Waals surface area contributed by atoms with E-state index in [-0.39, 0.29) is 11.6 Å². The summed E-state index contributed by atoms with van der Waals surface area (Å²) in [5.41, 5.74) is -0.597. The number of alkyl halides is 3. The Kier molecular flexibility index (Phi) is 5.13. The first-order chi connectivity index (χ1) is 11.0. The highest BCUT2D eigenvalue weighted by Gasteiger charge is 2.32. The van der Waals surface area contributed by atoms with E-state index in [1.165, 1.54) is 6.07 Å². The first-order valence-electron chi connectivity index (χ1n) is 7.94. The van der Waals surface area contributed by atoms with Gasteiger partial charge >= 0.3 is 6.18 Å². The van der Waals surface area contributed by atoms with Gasteiger partial charge < -0.3 is 15.1 Å². The quantitative estimate of drug-likeness (QED) is 0.893. The molecule has 134 valence electrons. The van der Waals surface area contributed by atoms with Gasteiger partial charge in [0.1, 0.15) is 0 Å². The van der Waals surface area contributed by atoms with Crippen molar-refractivity contribution in [2.24, 2.45) is 5.41 Å². The van der Waals surface area contributed by atoms with Crippen LogP contribution < -0.4 is 10.2 Å². The Labute approximate surface area is 140 Å². The Morgan fingerprint density at radius 2 is 1.67 bits per heavy atom. The second kappa shape index (κ2) is 6.63. The van der Waals surface area contributed by atoms with Gasteiger partial charge in [0, 0.05) is 31.6 Å². The third kappa shape index (κ3) is 4.41. The Balaban J connectivity index is 2.36. The van der Waals surface area contributed by atoms with Gasteiger partial charge in [-0.05, 0) is 25.2 Å². The fourth-order valence-corrected chi connectivity index (χ4v) is 2.45. The summed E-state index contributed by atoms with van der Waals surface area (Å²) in [5.74, 6) is -0.308. The van der Waals surface area contributed by atoms with Gasteiger partial charge in [-0.3, -0.25) is 4.79 Å². The van der Waals surface area contributed by atoms with E-state index in [9.17, 15) is 18.0 Å². The Morgan fingerprint density at radius 1 is 1.08 bits per heavy atom. The van der Waals surface area contributed by atoms with Crippen LogP contribution in [-0.4, -0.2) is 44.0 Å². The van der Waals surface area contributed by atoms with Crippen molar-refractivity contribution in [1.29, 1.82) is 0 Å². The van der Waals surface area contributed by atoms with Gasteiger partial charge in [-0.1, -0.05) is 20.8 Å². The minimum atomic E-state index is -4.44. The SMILES string of the molecule is CN1CCN(c2ccc(C(F)(F)F)cc2NC(=O)C(C)(C)C)CC1. The van der Waals surface area contributed by atoms with Gasteiger partial charge in [0.2, 0.25) is 5.91 Å². The summed E-state index contributed by atoms with van der Waals surface area (Å²) >= 11 is 0. The van der Waals surface area contributed by atoms with Crippen molar-refractivity contribution < 1.29 is 18.0 Å². The zero-order chi connectivity index (χ0) is 18.1. The molecular weight excluding hydrogens is 319 g/mol. The highest BCUT2D eigenvalue weighted by molar-refractivity contribution is 5.97. The number of anilines is 2. The molecule has 1 aromatic carbocycles. The lowest BCUT2D eigenvalue weighted by atomic mass is 9.95. The second-order valence-electron chi connectivity index (χ2n) is 7.22. The number of carbonyl (C=O) groups excluding carboxylic acids is 1. The number of rotatable bonds is 2. The number of halogens is 3. The Morgan fingerprint density at radius 3 is 2.17 bits per heavy atom. The molecule has 4 nitrogen and oxygen atoms in total. The molecule has 1 amide bonds. The summed E-state index contributed by atoms with van der Waals surface area (Å²) in [6.07, 6.45) is -4.44. The molecule has 0 radical (unpaired) electrons. The predicted molar refractivity (Wildman–Crippen MR) is 89.2 cm³/mol. The third-order valence-corrected chi connectivity index (χ3v) is 4.10. The fraction of sp³-hybridized carbons (Fsp3) is 0.588. The number of nitrogens with zero attached hydrogens (tertiary/aromatic N) is 2. The van der Waals surface area contributed by atoms with E-state index in [0.717, 1.165) is 25.2 Å². The predicted octanol–water partition coefficient (Wildman–Crippen LogP) is 3.44. The van der Waals surface area contributed by atoms with E-state index in [1.807, 2.05) is 11.9 Å². The monoisotopic (exact) mass is 343 g/mol. The van der Waals surface area contributed by atoms with Gasteiger partial charge in [-0.15, -0.1) is 0 Å². The van der Waals surface area contributed by atoms with Gasteiger partial charge in [0.05, 0.1) is 16.9 Å². The summed E-state index contributed by atoms with van der Waals surface area (Å²) < 4.78 is 39.1. The van der Waals surface area contributed by atoms with Crippen LogP contribution >= 0.6 is 0 Å². The molecule has 1 fully saturated rings. The average Bonchev–Trinajstić information content (AvgIpc) is 2.46. The molecule has 1 heterocycles. The van der Waals surface area contributed by atoms with Crippen LogP contribution in [0.2, 0.25) is 0 Å². The molecule has 2 rings (SSSR count). The van der Waals surface area contributed by atoms with Gasteiger partial charge in [0.15, 0.2) is 0 Å². The molecule has 1 saturated heterocycles. The van der Waals surface area contributed by atoms with Gasteiger partial charge in [-0.25, -0.2) is 0 Å². The standard InChI is InChI=1S/C17H24F3N3O/c1-16(2,3)15(24)21-13-11-12(17(18,19)20)5-6-14(13)23-9-7-22(4)8-10-23/h5-6,11H,7-10H2,1-4H3,(H,21,24). The van der Waals surface area contributed by atoms with Crippen LogP contribution in [0.4, 0.5) is 24.5 Å². The van der Waals surface area contributed by atoms with E-state index < -0.39 is 17.2 Å². The van der Waals surface area contributed by atoms with Gasteiger partial charge in [0.25, 0.3) is 0 Å². The van der Waals surface area contributed by atoms with Crippen LogP contribution in [0.15, 0.2) is 18.2 Å². The molecule has 24 heavy (non-hydrogen) atoms. The summed E-state index contributed by atoms with van der Waals surface area (Å²) in [6.45, 7) is 8.25. The van der Waals surface area contributed by atoms with Crippen molar-refractivity contribution in [2.45, 2.75) is 26.9 Å². The number of nitrogens with one attached hydrogen (secondary N) is 1. The first-order valence-corrected chi connectivity index (χ1v) is 7.94. The molecule has 1 aromatic rings. The molecule has 0 aliphatic carbocycles. The van der Waals surface area contributed by atoms with Crippen molar-refractivity contribution in [3.63, 3.8) is 0 Å². The maximum absolute atomic E-state index is 13.0. The number of piperazine rings is 1. The normalized spacial score (nSPS) is 17.0. The molecule has 1 N–H and O–H groups in total. The Bertz CT molecular complexity index is 600. The highest BCUT2D eigenvalue weighted by Crippen LogP contribution is 2.36. The van der Waals surface area contributed by atoms with Crippen molar-refractivity contribution in [2.75, 3.05) is 43.4 Å². The topological polar surface area (TPSA) is 35.6 Å². The van der Waals surface area contributed by atoms with Crippen molar-refractivity contribution in [3.8, 4) is 0 Å². The highest BCUT2D eigenvalue weighted by atomic mass is 19.4. The maximum atomic E-state index is 13.0. The average molecular weight is 343 g/mol. The molecule has 0 spiro atoms. The van der Waals surface area contributed by atoms with Gasteiger partial charge in [-0.2, -0.15) is 13.2 Å². The fourth-order valence-electron chi connectivity index (χ4n) is 2.45. The number of amides is 1. The minimum Gasteiger partial charge on any atom is -0.367 e. The van der Waals surface area contributed by atoms with Crippen LogP contribution in [-0.2, 0) is 11.0 Å². The van der Waals surface area contributed by atoms with Crippen LogP contribution in [0.1, 0.15) is 26.3 Å². The second-order valence-corrected chi connectivity index (χ2v) is 7.22. The number of hydrogen-bond donors (Lipinski definition) is 1. The smallest absolute Gasteiger partial charge is 0.367 e. The summed E-state index contributed by atoms with van der Waals surface area (Å²) in [6, 6.07) is 3.55. The molecule has 7 heteroatoms. The number of hydrogen-bond acceptors (Lipinski definition) is 3. The zero-order valence-corrected chi connectivity index (χ0v) is 14.5. The minimum absolute atomic E-state index is 0.217. The van der Waals surface area contributed by atoms with E-state index in [0.29, 0.717) is 18.8 Å². The lowest BCUT2D eigenvalue weighted by molar-refractivity contribution is -0.137. The van der Waals surface area contributed by atoms with Crippen molar-refractivity contribution in [1.82, 2.24) is 4.90 Å². The lowest BCUT2D eigenvalue weighted by Gasteiger charge is -2.35. The zero-order valence-electron chi connectivity index (χ0n) is 14.5. The van der Waals surface area contributed by atoms with Crippen LogP contribution in [0.25, 0.3) is 0 Å². The van der Waals surface area contributed by atoms with E-state index in [1.54, 1.807) is 20.8 Å². The number of benzene rings is 1. The number of carbonyl (C=O) groups is 1. The summed E-state index contributed by atoms with van der Waals surface area (Å²) in [4.78, 5) is 16.4. The largest absolute Gasteiger partial charge is 0.416 e. The lowest BCUT2D eigenvalue weighted by Crippen LogP contribution is -2.45. The third-order valence-electron chi connectivity index (χ3n) is 4.10. The van der Waals surface area contributed by atoms with Crippen molar-refractivity contribution >= 4 is 17.3 Å². The summed E-state index contributed by atoms with van der Waals surface area (Å²) in [7, 11) is 2.01. The molecule has 0 unspecified atom stereocenters. The van der Waals surface area contributed by atoms with Crippen LogP contribution in [0.3, 0.4) is 0 Å². The first kappa shape index (κ1) is 18.6. The summed E-state index contributed by atoms with van der Waals surface area (Å²) in [5, 5.41) is 2.68. The molecule has 0 saturated carbocycles. The molecular formula is C17H24F3N3O. The van der Waals surface area contributed by atoms with Crippen LogP contribution in [0, 0.1) is 5.41 Å². The Hall–Kier alpha value is -1.76. The number of likely N-dealkylation sites (N-methyl/N-ethyl adjacent to an activating group) is 1. The van der Waals surface area contributed by atoms with E-state index in [2.05, 4.69) is 10.2 Å². The van der Waals surface area contributed by atoms with E-state index in [4.69, 9.17) is 0 Å². The maximum Gasteiger partial charge on any atom is 0.416 e.